The van der Waals surface area contributed by atoms with Gasteiger partial charge in [0, 0.05) is 17.8 Å². The maximum absolute atomic E-state index is 13.3. The molecule has 0 unspecified atom stereocenters. The molecule has 0 atom stereocenters. The van der Waals surface area contributed by atoms with Gasteiger partial charge in [-0.25, -0.2) is 4.39 Å². The van der Waals surface area contributed by atoms with Crippen molar-refractivity contribution in [3.63, 3.8) is 0 Å². The van der Waals surface area contributed by atoms with Gasteiger partial charge in [-0.2, -0.15) is 5.26 Å². The molecule has 0 fully saturated rings. The van der Waals surface area contributed by atoms with E-state index >= 15 is 0 Å². The molecular formula is C15H11Cl2FN2O. The van der Waals surface area contributed by atoms with Gasteiger partial charge in [0.25, 0.3) is 0 Å². The quantitative estimate of drug-likeness (QED) is 0.834. The lowest BCUT2D eigenvalue weighted by atomic mass is 10.1. The predicted octanol–water partition coefficient (Wildman–Crippen LogP) is 4.62. The Hall–Kier alpha value is -1.96. The van der Waals surface area contributed by atoms with Gasteiger partial charge in [-0.1, -0.05) is 23.2 Å². The Labute approximate surface area is 131 Å². The molecule has 2 rings (SSSR count). The summed E-state index contributed by atoms with van der Waals surface area (Å²) in [7, 11) is 1.55. The molecule has 0 aliphatic carbocycles. The zero-order valence-electron chi connectivity index (χ0n) is 11.1. The molecule has 2 aromatic carbocycles. The molecule has 3 nitrogen and oxygen atoms in total. The number of nitrogens with one attached hydrogen (secondary N) is 1. The van der Waals surface area contributed by atoms with Gasteiger partial charge in [-0.05, 0) is 30.3 Å². The summed E-state index contributed by atoms with van der Waals surface area (Å²) in [6, 6.07) is 10.1. The number of ether oxygens (including phenoxy) is 1. The van der Waals surface area contributed by atoms with E-state index in [1.165, 1.54) is 12.1 Å². The molecule has 6 heteroatoms. The van der Waals surface area contributed by atoms with Crippen LogP contribution in [0, 0.1) is 17.1 Å². The SMILES string of the molecule is COc1ccc(C#N)cc1CNc1cc(Cl)c(F)c(Cl)c1. The van der Waals surface area contributed by atoms with E-state index in [4.69, 9.17) is 33.2 Å². The molecule has 0 aliphatic rings. The van der Waals surface area contributed by atoms with Crippen molar-refractivity contribution in [1.82, 2.24) is 0 Å². The molecule has 0 spiro atoms. The predicted molar refractivity (Wildman–Crippen MR) is 81.5 cm³/mol. The highest BCUT2D eigenvalue weighted by Gasteiger charge is 2.09. The monoisotopic (exact) mass is 324 g/mol. The van der Waals surface area contributed by atoms with Crippen LogP contribution in [-0.2, 0) is 6.54 Å². The summed E-state index contributed by atoms with van der Waals surface area (Å²) in [4.78, 5) is 0. The first-order chi connectivity index (χ1) is 10.0. The highest BCUT2D eigenvalue weighted by Crippen LogP contribution is 2.28. The minimum Gasteiger partial charge on any atom is -0.496 e. The van der Waals surface area contributed by atoms with E-state index in [2.05, 4.69) is 11.4 Å². The smallest absolute Gasteiger partial charge is 0.160 e. The zero-order valence-corrected chi connectivity index (χ0v) is 12.6. The Bertz CT molecular complexity index is 690. The molecule has 21 heavy (non-hydrogen) atoms. The summed E-state index contributed by atoms with van der Waals surface area (Å²) in [5.74, 6) is 0.00810. The van der Waals surface area contributed by atoms with Crippen molar-refractivity contribution in [2.24, 2.45) is 0 Å². The van der Waals surface area contributed by atoms with Crippen molar-refractivity contribution in [2.75, 3.05) is 12.4 Å². The Morgan fingerprint density at radius 2 is 1.90 bits per heavy atom. The van der Waals surface area contributed by atoms with Gasteiger partial charge < -0.3 is 10.1 Å². The maximum atomic E-state index is 13.3. The van der Waals surface area contributed by atoms with E-state index in [9.17, 15) is 4.39 Å². The van der Waals surface area contributed by atoms with Crippen LogP contribution in [0.3, 0.4) is 0 Å². The van der Waals surface area contributed by atoms with E-state index in [0.717, 1.165) is 5.56 Å². The summed E-state index contributed by atoms with van der Waals surface area (Å²) in [6.45, 7) is 0.386. The number of benzene rings is 2. The first-order valence-corrected chi connectivity index (χ1v) is 6.76. The summed E-state index contributed by atoms with van der Waals surface area (Å²) in [5, 5.41) is 11.9. The van der Waals surface area contributed by atoms with E-state index < -0.39 is 5.82 Å². The van der Waals surface area contributed by atoms with Crippen molar-refractivity contribution in [3.8, 4) is 11.8 Å². The largest absolute Gasteiger partial charge is 0.496 e. The normalized spacial score (nSPS) is 10.0. The standard InChI is InChI=1S/C15H11Cl2FN2O/c1-21-14-3-2-9(7-19)4-10(14)8-20-11-5-12(16)15(18)13(17)6-11/h2-6,20H,8H2,1H3. The van der Waals surface area contributed by atoms with E-state index in [1.54, 1.807) is 25.3 Å². The highest BCUT2D eigenvalue weighted by atomic mass is 35.5. The highest BCUT2D eigenvalue weighted by molar-refractivity contribution is 6.35. The lowest BCUT2D eigenvalue weighted by Gasteiger charge is -2.12. The van der Waals surface area contributed by atoms with Crippen LogP contribution in [-0.4, -0.2) is 7.11 Å². The lowest BCUT2D eigenvalue weighted by Crippen LogP contribution is -2.02. The summed E-state index contributed by atoms with van der Waals surface area (Å²) < 4.78 is 18.6. The third-order valence-electron chi connectivity index (χ3n) is 2.88. The fourth-order valence-electron chi connectivity index (χ4n) is 1.84. The van der Waals surface area contributed by atoms with Crippen molar-refractivity contribution in [3.05, 3.63) is 57.3 Å². The third kappa shape index (κ3) is 3.57. The van der Waals surface area contributed by atoms with Gasteiger partial charge in [0.15, 0.2) is 5.82 Å². The first-order valence-electron chi connectivity index (χ1n) is 6.00. The van der Waals surface area contributed by atoms with Crippen molar-refractivity contribution in [2.45, 2.75) is 6.54 Å². The van der Waals surface area contributed by atoms with Crippen molar-refractivity contribution < 1.29 is 9.13 Å². The molecule has 0 bridgehead atoms. The minimum absolute atomic E-state index is 0.0530. The minimum atomic E-state index is -0.645. The molecule has 1 N–H and O–H groups in total. The number of nitriles is 1. The van der Waals surface area contributed by atoms with Crippen LogP contribution < -0.4 is 10.1 Å². The van der Waals surface area contributed by atoms with Crippen LogP contribution in [0.4, 0.5) is 10.1 Å². The molecule has 0 saturated heterocycles. The van der Waals surface area contributed by atoms with Gasteiger partial charge in [0.05, 0.1) is 28.8 Å². The molecule has 0 aromatic heterocycles. The van der Waals surface area contributed by atoms with Crippen LogP contribution in [0.5, 0.6) is 5.75 Å². The van der Waals surface area contributed by atoms with Crippen molar-refractivity contribution >= 4 is 28.9 Å². The second kappa shape index (κ2) is 6.66. The summed E-state index contributed by atoms with van der Waals surface area (Å²) in [5.41, 5.74) is 1.91. The van der Waals surface area contributed by atoms with E-state index in [-0.39, 0.29) is 10.0 Å². The van der Waals surface area contributed by atoms with Crippen LogP contribution in [0.15, 0.2) is 30.3 Å². The number of methoxy groups -OCH3 is 1. The van der Waals surface area contributed by atoms with Gasteiger partial charge in [0.1, 0.15) is 5.75 Å². The van der Waals surface area contributed by atoms with Crippen LogP contribution in [0.25, 0.3) is 0 Å². The fourth-order valence-corrected chi connectivity index (χ4v) is 2.33. The number of anilines is 1. The summed E-state index contributed by atoms with van der Waals surface area (Å²) in [6.07, 6.45) is 0. The van der Waals surface area contributed by atoms with Gasteiger partial charge in [0.2, 0.25) is 0 Å². The molecule has 0 amide bonds. The second-order valence-electron chi connectivity index (χ2n) is 4.25. The number of hydrogen-bond acceptors (Lipinski definition) is 3. The topological polar surface area (TPSA) is 45.0 Å². The average Bonchev–Trinajstić information content (AvgIpc) is 2.50. The first kappa shape index (κ1) is 15.4. The molecule has 0 radical (unpaired) electrons. The molecule has 0 heterocycles. The lowest BCUT2D eigenvalue weighted by molar-refractivity contribution is 0.410. The zero-order chi connectivity index (χ0) is 15.4. The molecule has 0 aliphatic heterocycles. The Kier molecular flexibility index (Phi) is 4.89. The second-order valence-corrected chi connectivity index (χ2v) is 5.06. The molecule has 2 aromatic rings. The number of nitrogens with zero attached hydrogens (tertiary/aromatic N) is 1. The molecule has 0 saturated carbocycles. The summed E-state index contributed by atoms with van der Waals surface area (Å²) >= 11 is 11.5. The Balaban J connectivity index is 2.22. The van der Waals surface area contributed by atoms with Gasteiger partial charge in [-0.15, -0.1) is 0 Å². The Morgan fingerprint density at radius 3 is 2.48 bits per heavy atom. The number of rotatable bonds is 4. The average molecular weight is 325 g/mol. The van der Waals surface area contributed by atoms with Gasteiger partial charge in [-0.3, -0.25) is 0 Å². The fraction of sp³-hybridized carbons (Fsp3) is 0.133. The maximum Gasteiger partial charge on any atom is 0.160 e. The molecular weight excluding hydrogens is 314 g/mol. The van der Waals surface area contributed by atoms with E-state index in [0.29, 0.717) is 23.5 Å². The van der Waals surface area contributed by atoms with Gasteiger partial charge >= 0.3 is 0 Å². The van der Waals surface area contributed by atoms with Crippen LogP contribution in [0.2, 0.25) is 10.0 Å². The number of halogens is 3. The van der Waals surface area contributed by atoms with E-state index in [1.807, 2.05) is 0 Å². The van der Waals surface area contributed by atoms with Crippen LogP contribution in [0.1, 0.15) is 11.1 Å². The van der Waals surface area contributed by atoms with Crippen LogP contribution >= 0.6 is 23.2 Å². The van der Waals surface area contributed by atoms with Crippen molar-refractivity contribution in [1.29, 1.82) is 5.26 Å². The molecule has 108 valence electrons. The number of hydrogen-bond donors (Lipinski definition) is 1. The Morgan fingerprint density at radius 1 is 1.24 bits per heavy atom. The third-order valence-corrected chi connectivity index (χ3v) is 3.43.